The van der Waals surface area contributed by atoms with Crippen molar-refractivity contribution in [3.8, 4) is 0 Å². The van der Waals surface area contributed by atoms with E-state index in [9.17, 15) is 0 Å². The first-order valence-corrected chi connectivity index (χ1v) is 4.04. The van der Waals surface area contributed by atoms with Crippen LogP contribution in [0.3, 0.4) is 0 Å². The maximum absolute atomic E-state index is 3.82. The van der Waals surface area contributed by atoms with Crippen LogP contribution in [-0.2, 0) is 0 Å². The van der Waals surface area contributed by atoms with E-state index in [2.05, 4.69) is 37.5 Å². The Labute approximate surface area is 70.0 Å². The summed E-state index contributed by atoms with van der Waals surface area (Å²) in [5.74, 6) is 0. The molecule has 0 saturated carbocycles. The van der Waals surface area contributed by atoms with Gasteiger partial charge in [-0.15, -0.1) is 0 Å². The third-order valence-electron chi connectivity index (χ3n) is 1.53. The van der Waals surface area contributed by atoms with E-state index in [-0.39, 0.29) is 0 Å². The minimum atomic E-state index is 0.735. The maximum atomic E-state index is 3.82. The second-order valence-electron chi connectivity index (χ2n) is 2.44. The molecule has 62 valence electrons. The molecule has 0 saturated heterocycles. The van der Waals surface area contributed by atoms with Crippen molar-refractivity contribution in [3.05, 3.63) is 24.6 Å². The summed E-state index contributed by atoms with van der Waals surface area (Å²) in [4.78, 5) is 0. The first-order valence-electron chi connectivity index (χ1n) is 4.04. The van der Waals surface area contributed by atoms with E-state index < -0.39 is 0 Å². The summed E-state index contributed by atoms with van der Waals surface area (Å²) in [6, 6.07) is 0. The molecule has 0 fully saturated rings. The second kappa shape index (κ2) is 5.89. The predicted octanol–water partition coefficient (Wildman–Crippen LogP) is 1.28. The lowest BCUT2D eigenvalue weighted by atomic mass is 10.1. The average molecular weight is 152 g/mol. The third kappa shape index (κ3) is 5.58. The van der Waals surface area contributed by atoms with E-state index in [1.54, 1.807) is 0 Å². The molecule has 0 radical (unpaired) electrons. The Balaban J connectivity index is 3.27. The lowest BCUT2D eigenvalue weighted by Gasteiger charge is -2.08. The highest BCUT2D eigenvalue weighted by molar-refractivity contribution is 6.30. The first-order chi connectivity index (χ1) is 5.20. The van der Waals surface area contributed by atoms with Gasteiger partial charge in [0.2, 0.25) is 0 Å². The van der Waals surface area contributed by atoms with E-state index in [0.717, 1.165) is 31.8 Å². The Hall–Kier alpha value is -0.855. The zero-order chi connectivity index (χ0) is 8.69. The third-order valence-corrected chi connectivity index (χ3v) is 1.53. The molecule has 0 aliphatic heterocycles. The van der Waals surface area contributed by atoms with Crippen LogP contribution in [0.25, 0.3) is 0 Å². The van der Waals surface area contributed by atoms with Gasteiger partial charge in [0, 0.05) is 0 Å². The summed E-state index contributed by atoms with van der Waals surface area (Å²) < 4.78 is 0. The molecule has 0 aromatic heterocycles. The van der Waals surface area contributed by atoms with Crippen molar-refractivity contribution in [2.24, 2.45) is 0 Å². The Kier molecular flexibility index (Phi) is 5.44. The van der Waals surface area contributed by atoms with Gasteiger partial charge in [-0.25, -0.2) is 0 Å². The lowest BCUT2D eigenvalue weighted by Crippen LogP contribution is -2.31. The van der Waals surface area contributed by atoms with Crippen molar-refractivity contribution in [2.45, 2.75) is 26.7 Å². The summed E-state index contributed by atoms with van der Waals surface area (Å²) in [7, 11) is 0.735. The van der Waals surface area contributed by atoms with E-state index in [1.807, 2.05) is 0 Å². The van der Waals surface area contributed by atoms with Crippen molar-refractivity contribution in [1.29, 1.82) is 0 Å². The molecular formula is C8H17BN2. The predicted molar refractivity (Wildman–Crippen MR) is 52.3 cm³/mol. The van der Waals surface area contributed by atoms with Crippen LogP contribution >= 0.6 is 0 Å². The van der Waals surface area contributed by atoms with Crippen molar-refractivity contribution in [1.82, 2.24) is 10.5 Å². The summed E-state index contributed by atoms with van der Waals surface area (Å²) in [6.45, 7) is 11.8. The number of rotatable bonds is 6. The SMILES string of the molecule is C=C(CC)NBNC(=C)CC. The molecule has 0 rings (SSSR count). The van der Waals surface area contributed by atoms with Gasteiger partial charge in [0.1, 0.15) is 0 Å². The lowest BCUT2D eigenvalue weighted by molar-refractivity contribution is 0.957. The fraction of sp³-hybridized carbons (Fsp3) is 0.500. The van der Waals surface area contributed by atoms with E-state index in [0.29, 0.717) is 0 Å². The largest absolute Gasteiger partial charge is 0.416 e. The van der Waals surface area contributed by atoms with Gasteiger partial charge >= 0.3 is 7.55 Å². The molecule has 3 heteroatoms. The number of nitrogens with one attached hydrogen (secondary N) is 2. The van der Waals surface area contributed by atoms with Gasteiger partial charge in [-0.2, -0.15) is 0 Å². The summed E-state index contributed by atoms with van der Waals surface area (Å²) in [6.07, 6.45) is 1.95. The molecule has 0 unspecified atom stereocenters. The summed E-state index contributed by atoms with van der Waals surface area (Å²) in [5, 5.41) is 6.26. The van der Waals surface area contributed by atoms with Crippen LogP contribution in [0.15, 0.2) is 24.6 Å². The second-order valence-corrected chi connectivity index (χ2v) is 2.44. The molecule has 11 heavy (non-hydrogen) atoms. The average Bonchev–Trinajstić information content (AvgIpc) is 2.04. The zero-order valence-corrected chi connectivity index (χ0v) is 7.54. The standard InChI is InChI=1S/C8H17BN2/c1-5-7(3)10-9-11-8(4)6-2/h9-11H,3-6H2,1-2H3. The van der Waals surface area contributed by atoms with Gasteiger partial charge in [0.05, 0.1) is 0 Å². The highest BCUT2D eigenvalue weighted by Gasteiger charge is 1.92. The molecule has 0 bridgehead atoms. The van der Waals surface area contributed by atoms with Gasteiger partial charge in [-0.1, -0.05) is 27.0 Å². The van der Waals surface area contributed by atoms with Crippen molar-refractivity contribution < 1.29 is 0 Å². The van der Waals surface area contributed by atoms with Crippen LogP contribution in [0.2, 0.25) is 0 Å². The molecule has 0 spiro atoms. The van der Waals surface area contributed by atoms with Crippen molar-refractivity contribution in [2.75, 3.05) is 0 Å². The molecular weight excluding hydrogens is 135 g/mol. The van der Waals surface area contributed by atoms with Crippen molar-refractivity contribution in [3.63, 3.8) is 0 Å². The Morgan fingerprint density at radius 3 is 1.73 bits per heavy atom. The first kappa shape index (κ1) is 10.1. The fourth-order valence-electron chi connectivity index (χ4n) is 0.544. The van der Waals surface area contributed by atoms with Gasteiger partial charge in [-0.05, 0) is 24.2 Å². The molecule has 0 amide bonds. The van der Waals surface area contributed by atoms with Crippen LogP contribution in [0.4, 0.5) is 0 Å². The summed E-state index contributed by atoms with van der Waals surface area (Å²) >= 11 is 0. The minimum absolute atomic E-state index is 0.735. The number of hydrogen-bond acceptors (Lipinski definition) is 2. The molecule has 0 aromatic carbocycles. The van der Waals surface area contributed by atoms with Crippen LogP contribution in [-0.4, -0.2) is 7.55 Å². The van der Waals surface area contributed by atoms with Gasteiger partial charge in [0.25, 0.3) is 0 Å². The molecule has 0 aromatic rings. The van der Waals surface area contributed by atoms with Gasteiger partial charge in [0.15, 0.2) is 0 Å². The fourth-order valence-corrected chi connectivity index (χ4v) is 0.544. The monoisotopic (exact) mass is 152 g/mol. The quantitative estimate of drug-likeness (QED) is 0.560. The molecule has 0 aliphatic rings. The van der Waals surface area contributed by atoms with E-state index in [4.69, 9.17) is 0 Å². The van der Waals surface area contributed by atoms with Crippen LogP contribution < -0.4 is 10.5 Å². The highest BCUT2D eigenvalue weighted by Crippen LogP contribution is 1.89. The van der Waals surface area contributed by atoms with E-state index in [1.165, 1.54) is 0 Å². The molecule has 0 aliphatic carbocycles. The van der Waals surface area contributed by atoms with E-state index >= 15 is 0 Å². The molecule has 2 N–H and O–H groups in total. The number of hydrogen-bond donors (Lipinski definition) is 2. The minimum Gasteiger partial charge on any atom is -0.416 e. The number of allylic oxidation sites excluding steroid dienone is 2. The Morgan fingerprint density at radius 1 is 1.09 bits per heavy atom. The molecule has 2 nitrogen and oxygen atoms in total. The zero-order valence-electron chi connectivity index (χ0n) is 7.54. The Bertz CT molecular complexity index is 127. The van der Waals surface area contributed by atoms with Crippen LogP contribution in [0, 0.1) is 0 Å². The highest BCUT2D eigenvalue weighted by atomic mass is 14.9. The van der Waals surface area contributed by atoms with Crippen LogP contribution in [0.1, 0.15) is 26.7 Å². The molecule has 0 heterocycles. The normalized spacial score (nSPS) is 8.55. The molecule has 0 atom stereocenters. The topological polar surface area (TPSA) is 24.1 Å². The van der Waals surface area contributed by atoms with Crippen LogP contribution in [0.5, 0.6) is 0 Å². The van der Waals surface area contributed by atoms with Gasteiger partial charge in [-0.3, -0.25) is 0 Å². The Morgan fingerprint density at radius 2 is 1.45 bits per heavy atom. The van der Waals surface area contributed by atoms with Gasteiger partial charge < -0.3 is 10.5 Å². The smallest absolute Gasteiger partial charge is 0.350 e. The summed E-state index contributed by atoms with van der Waals surface area (Å²) in [5.41, 5.74) is 2.11. The maximum Gasteiger partial charge on any atom is 0.350 e. The van der Waals surface area contributed by atoms with Crippen molar-refractivity contribution >= 4 is 7.55 Å².